The third-order valence-electron chi connectivity index (χ3n) is 3.51. The summed E-state index contributed by atoms with van der Waals surface area (Å²) in [7, 11) is 0. The zero-order valence-electron chi connectivity index (χ0n) is 14.7. The quantitative estimate of drug-likeness (QED) is 0.513. The molecule has 0 aliphatic rings. The SMILES string of the molecule is CCCCNC(=O)NC(=O)COC(=O)c1sc2nc(C)[nH]c(=O)c2c1C. The highest BCUT2D eigenvalue weighted by molar-refractivity contribution is 7.20. The van der Waals surface area contributed by atoms with Crippen LogP contribution >= 0.6 is 11.3 Å². The summed E-state index contributed by atoms with van der Waals surface area (Å²) in [6.45, 7) is 5.09. The van der Waals surface area contributed by atoms with Gasteiger partial charge in [-0.3, -0.25) is 14.9 Å². The zero-order chi connectivity index (χ0) is 19.3. The fourth-order valence-corrected chi connectivity index (χ4v) is 3.35. The Morgan fingerprint density at radius 3 is 2.69 bits per heavy atom. The molecule has 0 fully saturated rings. The van der Waals surface area contributed by atoms with Gasteiger partial charge in [-0.25, -0.2) is 14.6 Å². The van der Waals surface area contributed by atoms with E-state index in [2.05, 4.69) is 20.6 Å². The van der Waals surface area contributed by atoms with Gasteiger partial charge in [-0.2, -0.15) is 0 Å². The van der Waals surface area contributed by atoms with Gasteiger partial charge >= 0.3 is 12.0 Å². The number of esters is 1. The monoisotopic (exact) mass is 380 g/mol. The second-order valence-corrected chi connectivity index (χ2v) is 6.62. The minimum Gasteiger partial charge on any atom is -0.451 e. The number of nitrogens with one attached hydrogen (secondary N) is 3. The van der Waals surface area contributed by atoms with Crippen LogP contribution in [0.4, 0.5) is 4.79 Å². The molecule has 0 saturated heterocycles. The third kappa shape index (κ3) is 4.66. The minimum atomic E-state index is -0.746. The van der Waals surface area contributed by atoms with Crippen LogP contribution in [0.3, 0.4) is 0 Å². The minimum absolute atomic E-state index is 0.198. The number of urea groups is 1. The van der Waals surface area contributed by atoms with E-state index in [0.29, 0.717) is 28.1 Å². The van der Waals surface area contributed by atoms with Gasteiger partial charge in [-0.15, -0.1) is 11.3 Å². The summed E-state index contributed by atoms with van der Waals surface area (Å²) in [5.74, 6) is -1.04. The van der Waals surface area contributed by atoms with E-state index in [1.807, 2.05) is 6.92 Å². The molecule has 0 aliphatic heterocycles. The molecule has 3 amide bonds. The van der Waals surface area contributed by atoms with E-state index >= 15 is 0 Å². The molecule has 0 aromatic carbocycles. The Bertz CT molecular complexity index is 902. The number of carbonyl (C=O) groups is 3. The van der Waals surface area contributed by atoms with Gasteiger partial charge in [0.1, 0.15) is 15.5 Å². The number of amides is 3. The number of fused-ring (bicyclic) bond motifs is 1. The standard InChI is InChI=1S/C16H20N4O5S/c1-4-5-6-17-16(24)20-10(21)7-25-15(23)12-8(2)11-13(22)18-9(3)19-14(11)26-12/h4-7H2,1-3H3,(H,18,19,22)(H2,17,20,21,24). The van der Waals surface area contributed by atoms with Crippen molar-refractivity contribution >= 4 is 39.5 Å². The molecule has 0 unspecified atom stereocenters. The fourth-order valence-electron chi connectivity index (χ4n) is 2.23. The van der Waals surface area contributed by atoms with Crippen LogP contribution in [-0.4, -0.2) is 41.0 Å². The number of carbonyl (C=O) groups excluding carboxylic acids is 3. The van der Waals surface area contributed by atoms with Crippen LogP contribution in [0, 0.1) is 13.8 Å². The molecule has 26 heavy (non-hydrogen) atoms. The zero-order valence-corrected chi connectivity index (χ0v) is 15.5. The molecule has 2 rings (SSSR count). The Kier molecular flexibility index (Phi) is 6.45. The second-order valence-electron chi connectivity index (χ2n) is 5.62. The molecule has 2 aromatic rings. The van der Waals surface area contributed by atoms with Crippen molar-refractivity contribution in [1.82, 2.24) is 20.6 Å². The Morgan fingerprint density at radius 1 is 1.27 bits per heavy atom. The number of aromatic nitrogens is 2. The fraction of sp³-hybridized carbons (Fsp3) is 0.438. The molecule has 10 heteroatoms. The van der Waals surface area contributed by atoms with Gasteiger partial charge in [0.2, 0.25) is 0 Å². The highest BCUT2D eigenvalue weighted by Gasteiger charge is 2.21. The van der Waals surface area contributed by atoms with Gasteiger partial charge in [0.25, 0.3) is 11.5 Å². The van der Waals surface area contributed by atoms with Gasteiger partial charge in [-0.1, -0.05) is 13.3 Å². The van der Waals surface area contributed by atoms with E-state index in [1.165, 1.54) is 0 Å². The Morgan fingerprint density at radius 2 is 2.00 bits per heavy atom. The molecule has 9 nitrogen and oxygen atoms in total. The van der Waals surface area contributed by atoms with E-state index in [0.717, 1.165) is 24.2 Å². The van der Waals surface area contributed by atoms with Crippen molar-refractivity contribution in [2.24, 2.45) is 0 Å². The molecule has 0 bridgehead atoms. The van der Waals surface area contributed by atoms with Crippen molar-refractivity contribution in [3.63, 3.8) is 0 Å². The maximum absolute atomic E-state index is 12.2. The van der Waals surface area contributed by atoms with Gasteiger partial charge in [0, 0.05) is 6.54 Å². The smallest absolute Gasteiger partial charge is 0.349 e. The van der Waals surface area contributed by atoms with Gasteiger partial charge in [0.05, 0.1) is 5.39 Å². The number of hydrogen-bond donors (Lipinski definition) is 3. The Balaban J connectivity index is 1.98. The predicted molar refractivity (Wildman–Crippen MR) is 96.4 cm³/mol. The number of aryl methyl sites for hydroxylation is 2. The number of hydrogen-bond acceptors (Lipinski definition) is 7. The van der Waals surface area contributed by atoms with Crippen LogP contribution in [0.2, 0.25) is 0 Å². The van der Waals surface area contributed by atoms with E-state index in [-0.39, 0.29) is 10.4 Å². The van der Waals surface area contributed by atoms with Crippen LogP contribution in [0.25, 0.3) is 10.2 Å². The summed E-state index contributed by atoms with van der Waals surface area (Å²) in [5, 5.41) is 4.92. The first-order valence-corrected chi connectivity index (χ1v) is 8.90. The van der Waals surface area contributed by atoms with Crippen LogP contribution in [0.15, 0.2) is 4.79 Å². The van der Waals surface area contributed by atoms with Gasteiger partial charge < -0.3 is 15.0 Å². The predicted octanol–water partition coefficient (Wildman–Crippen LogP) is 1.38. The van der Waals surface area contributed by atoms with Crippen molar-refractivity contribution < 1.29 is 19.1 Å². The van der Waals surface area contributed by atoms with Gasteiger partial charge in [-0.05, 0) is 25.8 Å². The average Bonchev–Trinajstić information content (AvgIpc) is 2.89. The molecule has 2 heterocycles. The number of H-pyrrole nitrogens is 1. The van der Waals surface area contributed by atoms with Crippen LogP contribution < -0.4 is 16.2 Å². The second kappa shape index (κ2) is 8.56. The Hall–Kier alpha value is -2.75. The summed E-state index contributed by atoms with van der Waals surface area (Å²) in [6.07, 6.45) is 1.71. The topological polar surface area (TPSA) is 130 Å². The number of nitrogens with zero attached hydrogens (tertiary/aromatic N) is 1. The first-order valence-electron chi connectivity index (χ1n) is 8.08. The highest BCUT2D eigenvalue weighted by Crippen LogP contribution is 2.27. The summed E-state index contributed by atoms with van der Waals surface area (Å²) in [4.78, 5) is 54.7. The number of rotatable bonds is 6. The molecule has 140 valence electrons. The third-order valence-corrected chi connectivity index (χ3v) is 4.67. The first-order chi connectivity index (χ1) is 12.3. The first kappa shape index (κ1) is 19.6. The molecular weight excluding hydrogens is 360 g/mol. The molecule has 0 aliphatic carbocycles. The van der Waals surface area contributed by atoms with E-state index in [9.17, 15) is 19.2 Å². The van der Waals surface area contributed by atoms with Crippen LogP contribution in [-0.2, 0) is 9.53 Å². The van der Waals surface area contributed by atoms with E-state index in [4.69, 9.17) is 4.74 Å². The average molecular weight is 380 g/mol. The largest absolute Gasteiger partial charge is 0.451 e. The number of imide groups is 1. The lowest BCUT2D eigenvalue weighted by Gasteiger charge is -2.06. The molecule has 0 atom stereocenters. The molecule has 2 aromatic heterocycles. The van der Waals surface area contributed by atoms with Crippen LogP contribution in [0.5, 0.6) is 0 Å². The van der Waals surface area contributed by atoms with Gasteiger partial charge in [0.15, 0.2) is 6.61 Å². The highest BCUT2D eigenvalue weighted by atomic mass is 32.1. The number of thiophene rings is 1. The van der Waals surface area contributed by atoms with Crippen molar-refractivity contribution in [2.75, 3.05) is 13.2 Å². The van der Waals surface area contributed by atoms with E-state index < -0.39 is 24.5 Å². The molecule has 3 N–H and O–H groups in total. The number of unbranched alkanes of at least 4 members (excludes halogenated alkanes) is 1. The van der Waals surface area contributed by atoms with Crippen LogP contribution in [0.1, 0.15) is 40.8 Å². The Labute approximate surface area is 153 Å². The molecular formula is C16H20N4O5S. The molecule has 0 radical (unpaired) electrons. The summed E-state index contributed by atoms with van der Waals surface area (Å²) < 4.78 is 4.94. The van der Waals surface area contributed by atoms with E-state index in [1.54, 1.807) is 13.8 Å². The summed E-state index contributed by atoms with van der Waals surface area (Å²) in [6, 6.07) is -0.635. The summed E-state index contributed by atoms with van der Waals surface area (Å²) >= 11 is 1.02. The maximum Gasteiger partial charge on any atom is 0.349 e. The van der Waals surface area contributed by atoms with Crippen molar-refractivity contribution in [2.45, 2.75) is 33.6 Å². The lowest BCUT2D eigenvalue weighted by Crippen LogP contribution is -2.41. The normalized spacial score (nSPS) is 10.6. The van der Waals surface area contributed by atoms with Crippen molar-refractivity contribution in [1.29, 1.82) is 0 Å². The number of aromatic amines is 1. The maximum atomic E-state index is 12.2. The summed E-state index contributed by atoms with van der Waals surface area (Å²) in [5.41, 5.74) is 0.114. The van der Waals surface area contributed by atoms with Crippen molar-refractivity contribution in [3.8, 4) is 0 Å². The lowest BCUT2D eigenvalue weighted by molar-refractivity contribution is -0.123. The molecule has 0 saturated carbocycles. The molecule has 0 spiro atoms. The number of ether oxygens (including phenoxy) is 1. The van der Waals surface area contributed by atoms with Crippen molar-refractivity contribution in [3.05, 3.63) is 26.6 Å². The lowest BCUT2D eigenvalue weighted by atomic mass is 10.2.